The van der Waals surface area contributed by atoms with Crippen LogP contribution in [-0.4, -0.2) is 190 Å². The van der Waals surface area contributed by atoms with Crippen molar-refractivity contribution in [3.63, 3.8) is 0 Å². The fraction of sp³-hybridized carbons (Fsp3) is 0.406. The molecule has 102 heavy (non-hydrogen) atoms. The number of halogens is 2. The molecule has 13 N–H and O–H groups in total. The van der Waals surface area contributed by atoms with Gasteiger partial charge < -0.3 is 101 Å². The molecular weight excluding hydrogens is 1340 g/mol. The second kappa shape index (κ2) is 29.9. The summed E-state index contributed by atoms with van der Waals surface area (Å²) in [6.07, 6.45) is -13.2. The molecule has 0 saturated carbocycles. The van der Waals surface area contributed by atoms with E-state index in [0.29, 0.717) is 27.6 Å². The number of aliphatic hydroxyl groups is 5. The van der Waals surface area contributed by atoms with Gasteiger partial charge in [0, 0.05) is 53.4 Å². The zero-order valence-corrected chi connectivity index (χ0v) is 54.6. The van der Waals surface area contributed by atoms with Crippen LogP contribution in [0.5, 0.6) is 11.5 Å². The summed E-state index contributed by atoms with van der Waals surface area (Å²) in [6.45, 7) is -3.41. The van der Waals surface area contributed by atoms with E-state index in [1.807, 2.05) is 48.5 Å². The van der Waals surface area contributed by atoms with Crippen molar-refractivity contribution >= 4 is 64.3 Å². The average Bonchev–Trinajstić information content (AvgIpc) is 1.52. The van der Waals surface area contributed by atoms with E-state index in [1.165, 1.54) is 16.7 Å². The molecule has 8 amide bonds. The topological polar surface area (TPSA) is 441 Å². The van der Waals surface area contributed by atoms with Crippen molar-refractivity contribution < 1.29 is 106 Å². The quantitative estimate of drug-likeness (QED) is 0.0181. The van der Waals surface area contributed by atoms with Crippen molar-refractivity contribution in [3.05, 3.63) is 146 Å². The minimum absolute atomic E-state index is 0.0456. The third-order valence-electron chi connectivity index (χ3n) is 18.8. The number of carbonyl (C=O) groups is 9. The number of fused-ring (bicyclic) bond motifs is 10. The van der Waals surface area contributed by atoms with Crippen molar-refractivity contribution in [2.24, 2.45) is 0 Å². The smallest absolute Gasteiger partial charge is 0.458 e. The Hall–Kier alpha value is -10.6. The third-order valence-corrected chi connectivity index (χ3v) is 18.8. The third kappa shape index (κ3) is 14.8. The molecular formula is C69H72F2N10O21. The summed E-state index contributed by atoms with van der Waals surface area (Å²) in [5, 5.41) is 72.2. The van der Waals surface area contributed by atoms with Crippen molar-refractivity contribution in [3.8, 4) is 34.0 Å². The first-order valence-corrected chi connectivity index (χ1v) is 32.9. The van der Waals surface area contributed by atoms with Crippen molar-refractivity contribution in [2.75, 3.05) is 52.7 Å². The van der Waals surface area contributed by atoms with Gasteiger partial charge in [0.2, 0.25) is 41.4 Å². The molecule has 2 aliphatic carbocycles. The molecule has 0 unspecified atom stereocenters. The van der Waals surface area contributed by atoms with Crippen molar-refractivity contribution in [2.45, 2.75) is 125 Å². The van der Waals surface area contributed by atoms with Gasteiger partial charge in [0.15, 0.2) is 17.1 Å². The van der Waals surface area contributed by atoms with Crippen LogP contribution in [0.15, 0.2) is 95.8 Å². The largest absolute Gasteiger partial charge is 0.586 e. The number of cyclic esters (lactones) is 1. The molecule has 31 nitrogen and oxygen atoms in total. The molecule has 538 valence electrons. The van der Waals surface area contributed by atoms with Gasteiger partial charge in [-0.3, -0.25) is 38.4 Å². The van der Waals surface area contributed by atoms with Gasteiger partial charge >= 0.3 is 18.4 Å². The second-order valence-electron chi connectivity index (χ2n) is 25.2. The van der Waals surface area contributed by atoms with E-state index in [2.05, 4.69) is 42.5 Å². The molecule has 9 atom stereocenters. The number of ether oxygens (including phenoxy) is 6. The van der Waals surface area contributed by atoms with Gasteiger partial charge in [0.25, 0.3) is 5.56 Å². The standard InChI is InChI=1S/C69H72F2N10O21/c1-2-68(96)42-21-47-58-39(27-81(47)65(93)41(42)30-98-66(68)94)57-43(17-16-38-56(57)45(79-58)22-48-62(38)102-69(70,71)101-48)77-55(87)31-97-32-76-53(85)25-75-64(92)46(20-33-10-4-3-5-11-33)78-54(86)26-73-52(84)24-74-63(91)44(18-19-51(83)72-23-49-59(88)61(90)60(89)50(28-82)100-49)80-67(95)99-29-40-36-14-8-6-12-34(36)35-13-7-9-15-37(35)40/h3-15,21-22,40,43-44,46,49-50,59-61,82,88-90,96H,2,16-20,23-32H2,1H3,(H,72,83)(H,73,84)(H,74,91)(H,75,92)(H,76,85)(H,77,87)(H,78,86)(H,80,95)/t43-,44-,46-,49-,50+,59-,60+,61+,68-/m0/s1. The molecule has 4 aromatic carbocycles. The zero-order valence-electron chi connectivity index (χ0n) is 54.6. The predicted molar refractivity (Wildman–Crippen MR) is 348 cm³/mol. The number of pyridine rings is 2. The number of esters is 1. The molecule has 0 bridgehead atoms. The normalized spacial score (nSPS) is 21.3. The number of aromatic nitrogens is 2. The Labute approximate surface area is 577 Å². The highest BCUT2D eigenvalue weighted by atomic mass is 19.3. The van der Waals surface area contributed by atoms with Crippen LogP contribution >= 0.6 is 0 Å². The summed E-state index contributed by atoms with van der Waals surface area (Å²) in [6, 6.07) is 22.8. The van der Waals surface area contributed by atoms with Gasteiger partial charge in [-0.2, -0.15) is 0 Å². The first kappa shape index (κ1) is 71.3. The average molecular weight is 1420 g/mol. The van der Waals surface area contributed by atoms with Crippen LogP contribution in [0.3, 0.4) is 0 Å². The maximum absolute atomic E-state index is 14.6. The Kier molecular flexibility index (Phi) is 20.9. The predicted octanol–water partition coefficient (Wildman–Crippen LogP) is -0.683. The summed E-state index contributed by atoms with van der Waals surface area (Å²) in [7, 11) is 0. The number of nitrogens with zero attached hydrogens (tertiary/aromatic N) is 2. The number of carbonyl (C=O) groups excluding carboxylic acids is 9. The summed E-state index contributed by atoms with van der Waals surface area (Å²) in [5.41, 5.74) is 3.60. The first-order valence-electron chi connectivity index (χ1n) is 32.9. The highest BCUT2D eigenvalue weighted by Crippen LogP contribution is 2.53. The molecule has 6 heterocycles. The van der Waals surface area contributed by atoms with Gasteiger partial charge in [-0.15, -0.1) is 8.78 Å². The maximum Gasteiger partial charge on any atom is 0.586 e. The van der Waals surface area contributed by atoms with E-state index in [4.69, 9.17) is 33.4 Å². The van der Waals surface area contributed by atoms with Gasteiger partial charge in [-0.25, -0.2) is 14.6 Å². The zero-order chi connectivity index (χ0) is 72.3. The summed E-state index contributed by atoms with van der Waals surface area (Å²) in [4.78, 5) is 139. The molecule has 4 aliphatic heterocycles. The van der Waals surface area contributed by atoms with Gasteiger partial charge in [-0.05, 0) is 65.1 Å². The van der Waals surface area contributed by atoms with Crippen LogP contribution in [0.2, 0.25) is 0 Å². The lowest BCUT2D eigenvalue weighted by atomic mass is 9.82. The fourth-order valence-electron chi connectivity index (χ4n) is 13.6. The van der Waals surface area contributed by atoms with Crippen LogP contribution in [0, 0.1) is 0 Å². The summed E-state index contributed by atoms with van der Waals surface area (Å²) in [5.74, 6) is -7.45. The molecule has 2 aromatic heterocycles. The highest BCUT2D eigenvalue weighted by molar-refractivity contribution is 5.97. The number of alkyl halides is 2. The van der Waals surface area contributed by atoms with E-state index in [0.717, 1.165) is 22.3 Å². The summed E-state index contributed by atoms with van der Waals surface area (Å²) >= 11 is 0. The Morgan fingerprint density at radius 2 is 1.40 bits per heavy atom. The van der Waals surface area contributed by atoms with Crippen LogP contribution in [-0.2, 0) is 88.9 Å². The molecule has 0 radical (unpaired) electrons. The highest BCUT2D eigenvalue weighted by Gasteiger charge is 2.49. The molecule has 12 rings (SSSR count). The van der Waals surface area contributed by atoms with Crippen molar-refractivity contribution in [1.29, 1.82) is 0 Å². The number of aliphatic hydroxyl groups excluding tert-OH is 4. The number of hydrogen-bond donors (Lipinski definition) is 13. The van der Waals surface area contributed by atoms with Crippen LogP contribution in [0.1, 0.15) is 89.1 Å². The lowest BCUT2D eigenvalue weighted by molar-refractivity contribution is -0.287. The second-order valence-corrected chi connectivity index (χ2v) is 25.2. The molecule has 1 fully saturated rings. The van der Waals surface area contributed by atoms with Gasteiger partial charge in [0.1, 0.15) is 69.2 Å². The lowest BCUT2D eigenvalue weighted by Gasteiger charge is -2.40. The van der Waals surface area contributed by atoms with E-state index >= 15 is 0 Å². The Morgan fingerprint density at radius 1 is 0.735 bits per heavy atom. The number of benzene rings is 4. The number of alkyl carbamates (subject to hydrolysis) is 1. The monoisotopic (exact) mass is 1410 g/mol. The van der Waals surface area contributed by atoms with Gasteiger partial charge in [-0.1, -0.05) is 85.8 Å². The fourth-order valence-corrected chi connectivity index (χ4v) is 13.6. The maximum atomic E-state index is 14.6. The number of aryl methyl sites for hydroxylation is 1. The van der Waals surface area contributed by atoms with E-state index < -0.39 is 166 Å². The van der Waals surface area contributed by atoms with E-state index in [9.17, 15) is 82.3 Å². The van der Waals surface area contributed by atoms with E-state index in [1.54, 1.807) is 37.3 Å². The minimum Gasteiger partial charge on any atom is -0.458 e. The van der Waals surface area contributed by atoms with Crippen LogP contribution in [0.25, 0.3) is 33.4 Å². The van der Waals surface area contributed by atoms with Crippen molar-refractivity contribution in [1.82, 2.24) is 52.1 Å². The number of nitrogens with one attached hydrogen (secondary N) is 8. The molecule has 6 aromatic rings. The Balaban J connectivity index is 0.626. The Morgan fingerprint density at radius 3 is 2.11 bits per heavy atom. The lowest BCUT2D eigenvalue weighted by Crippen LogP contribution is -2.60. The molecule has 33 heteroatoms. The van der Waals surface area contributed by atoms with Gasteiger partial charge in [0.05, 0.1) is 61.3 Å². The molecule has 1 saturated heterocycles. The molecule has 0 spiro atoms. The number of amides is 8. The minimum atomic E-state index is -3.99. The Bertz CT molecular complexity index is 4340. The number of hydrogen-bond acceptors (Lipinski definition) is 22. The van der Waals surface area contributed by atoms with Crippen LogP contribution in [0.4, 0.5) is 13.6 Å². The number of rotatable bonds is 26. The SMILES string of the molecule is CC[C@@]1(O)C(=O)OCc2c1cc1n(c2=O)Cc2c-1nc1cc3c(c4c1c2[C@@H](NC(=O)COCNC(=O)CNC(=O)[C@H](Cc1ccccc1)NC(=O)CNC(=O)CNC(=O)[C@H](CCC(=O)NC[C@@H]1O[C@H](CO)[C@@H](O)[C@H](O)[C@H]1O)NC(=O)OCC1c2ccccc2-c2ccccc21)CC4)OC(F)(F)O3. The molecule has 6 aliphatic rings. The van der Waals surface area contributed by atoms with Crippen LogP contribution < -0.4 is 57.6 Å². The first-order chi connectivity index (χ1) is 48.9. The summed E-state index contributed by atoms with van der Waals surface area (Å²) < 4.78 is 62.2. The van der Waals surface area contributed by atoms with E-state index in [-0.39, 0.29) is 104 Å².